The van der Waals surface area contributed by atoms with Gasteiger partial charge in [-0.1, -0.05) is 48.0 Å². The average molecular weight is 351 g/mol. The molecule has 0 unspecified atom stereocenters. The van der Waals surface area contributed by atoms with Gasteiger partial charge in [0.2, 0.25) is 9.84 Å². The molecule has 0 aliphatic heterocycles. The van der Waals surface area contributed by atoms with E-state index >= 15 is 0 Å². The summed E-state index contributed by atoms with van der Waals surface area (Å²) in [6.07, 6.45) is 0. The number of hydrogen-bond donors (Lipinski definition) is 1. The molecule has 4 nitrogen and oxygen atoms in total. The number of anilines is 1. The predicted octanol–water partition coefficient (Wildman–Crippen LogP) is 4.08. The summed E-state index contributed by atoms with van der Waals surface area (Å²) in [5, 5.41) is 2.70. The number of carbonyl (C=O) groups is 1. The van der Waals surface area contributed by atoms with E-state index in [2.05, 4.69) is 5.32 Å². The lowest BCUT2D eigenvalue weighted by Crippen LogP contribution is -2.15. The number of aryl methyl sites for hydroxylation is 1. The molecule has 0 aliphatic rings. The van der Waals surface area contributed by atoms with Crippen molar-refractivity contribution in [3.63, 3.8) is 0 Å². The van der Waals surface area contributed by atoms with Crippen molar-refractivity contribution in [2.24, 2.45) is 0 Å². The summed E-state index contributed by atoms with van der Waals surface area (Å²) in [4.78, 5) is 12.6. The fourth-order valence-electron chi connectivity index (χ4n) is 2.43. The van der Waals surface area contributed by atoms with Gasteiger partial charge in [-0.05, 0) is 43.3 Å². The maximum absolute atomic E-state index is 12.9. The highest BCUT2D eigenvalue weighted by atomic mass is 32.2. The Bertz CT molecular complexity index is 995. The minimum atomic E-state index is -3.73. The molecule has 0 saturated heterocycles. The molecule has 1 N–H and O–H groups in total. The van der Waals surface area contributed by atoms with Crippen molar-refractivity contribution in [2.75, 3.05) is 5.32 Å². The Morgan fingerprint density at radius 2 is 1.40 bits per heavy atom. The number of carbonyl (C=O) groups excluding carboxylic acids is 1. The molecule has 0 bridgehead atoms. The Balaban J connectivity index is 1.98. The summed E-state index contributed by atoms with van der Waals surface area (Å²) >= 11 is 0. The topological polar surface area (TPSA) is 63.2 Å². The van der Waals surface area contributed by atoms with Gasteiger partial charge < -0.3 is 5.32 Å². The van der Waals surface area contributed by atoms with Crippen LogP contribution in [-0.4, -0.2) is 14.3 Å². The molecule has 0 radical (unpaired) electrons. The number of amides is 1. The van der Waals surface area contributed by atoms with Crippen molar-refractivity contribution in [1.82, 2.24) is 0 Å². The normalized spacial score (nSPS) is 11.1. The standard InChI is InChI=1S/C20H17NO3S/c1-15-11-13-17(14-12-15)25(23,24)19-10-6-5-9-18(19)21-20(22)16-7-3-2-4-8-16/h2-14H,1H3,(H,21,22). The second-order valence-electron chi connectivity index (χ2n) is 5.63. The van der Waals surface area contributed by atoms with E-state index in [9.17, 15) is 13.2 Å². The lowest BCUT2D eigenvalue weighted by Gasteiger charge is -2.12. The van der Waals surface area contributed by atoms with Crippen LogP contribution in [0.4, 0.5) is 5.69 Å². The lowest BCUT2D eigenvalue weighted by molar-refractivity contribution is 0.102. The summed E-state index contributed by atoms with van der Waals surface area (Å²) in [5.41, 5.74) is 1.70. The highest BCUT2D eigenvalue weighted by Crippen LogP contribution is 2.28. The summed E-state index contributed by atoms with van der Waals surface area (Å²) in [6, 6.07) is 21.7. The molecule has 0 aliphatic carbocycles. The van der Waals surface area contributed by atoms with Gasteiger partial charge in [0.15, 0.2) is 0 Å². The molecule has 0 fully saturated rings. The van der Waals surface area contributed by atoms with Crippen molar-refractivity contribution in [2.45, 2.75) is 16.7 Å². The fourth-order valence-corrected chi connectivity index (χ4v) is 3.85. The Morgan fingerprint density at radius 1 is 0.800 bits per heavy atom. The summed E-state index contributed by atoms with van der Waals surface area (Å²) in [5.74, 6) is -0.354. The maximum atomic E-state index is 12.9. The Kier molecular flexibility index (Phi) is 4.67. The van der Waals surface area contributed by atoms with Gasteiger partial charge in [0.1, 0.15) is 0 Å². The first-order chi connectivity index (χ1) is 12.0. The van der Waals surface area contributed by atoms with E-state index in [0.29, 0.717) is 5.56 Å². The predicted molar refractivity (Wildman–Crippen MR) is 97.5 cm³/mol. The molecule has 0 spiro atoms. The Hall–Kier alpha value is -2.92. The summed E-state index contributed by atoms with van der Waals surface area (Å²) in [7, 11) is -3.73. The summed E-state index contributed by atoms with van der Waals surface area (Å²) < 4.78 is 25.9. The number of hydrogen-bond acceptors (Lipinski definition) is 3. The van der Waals surface area contributed by atoms with E-state index in [1.807, 2.05) is 13.0 Å². The fraction of sp³-hybridized carbons (Fsp3) is 0.0500. The quantitative estimate of drug-likeness (QED) is 0.770. The molecule has 1 amide bonds. The molecule has 3 aromatic carbocycles. The van der Waals surface area contributed by atoms with Gasteiger partial charge in [0.05, 0.1) is 15.5 Å². The van der Waals surface area contributed by atoms with Gasteiger partial charge in [-0.25, -0.2) is 8.42 Å². The van der Waals surface area contributed by atoms with E-state index in [1.165, 1.54) is 6.07 Å². The second kappa shape index (κ2) is 6.91. The van der Waals surface area contributed by atoms with Crippen LogP contribution in [-0.2, 0) is 9.84 Å². The van der Waals surface area contributed by atoms with Crippen molar-refractivity contribution in [1.29, 1.82) is 0 Å². The van der Waals surface area contributed by atoms with E-state index in [0.717, 1.165) is 5.56 Å². The van der Waals surface area contributed by atoms with E-state index < -0.39 is 9.84 Å². The van der Waals surface area contributed by atoms with Crippen molar-refractivity contribution >= 4 is 21.4 Å². The van der Waals surface area contributed by atoms with Crippen LogP contribution >= 0.6 is 0 Å². The van der Waals surface area contributed by atoms with Crippen LogP contribution in [0.5, 0.6) is 0 Å². The molecule has 25 heavy (non-hydrogen) atoms. The van der Waals surface area contributed by atoms with Crippen molar-refractivity contribution in [3.05, 3.63) is 90.0 Å². The van der Waals surface area contributed by atoms with Crippen LogP contribution in [0.15, 0.2) is 88.7 Å². The van der Waals surface area contributed by atoms with Gasteiger partial charge in [-0.3, -0.25) is 4.79 Å². The van der Waals surface area contributed by atoms with Crippen LogP contribution in [0.3, 0.4) is 0 Å². The molecule has 126 valence electrons. The number of nitrogens with one attached hydrogen (secondary N) is 1. The van der Waals surface area contributed by atoms with E-state index in [-0.39, 0.29) is 21.4 Å². The van der Waals surface area contributed by atoms with Crippen LogP contribution in [0.2, 0.25) is 0 Å². The molecule has 3 aromatic rings. The average Bonchev–Trinajstić information content (AvgIpc) is 2.63. The van der Waals surface area contributed by atoms with Crippen LogP contribution in [0.25, 0.3) is 0 Å². The molecule has 5 heteroatoms. The van der Waals surface area contributed by atoms with Crippen molar-refractivity contribution in [3.8, 4) is 0 Å². The monoisotopic (exact) mass is 351 g/mol. The first kappa shape index (κ1) is 16.9. The van der Waals surface area contributed by atoms with Crippen molar-refractivity contribution < 1.29 is 13.2 Å². The summed E-state index contributed by atoms with van der Waals surface area (Å²) in [6.45, 7) is 1.89. The minimum absolute atomic E-state index is 0.0723. The SMILES string of the molecule is Cc1ccc(S(=O)(=O)c2ccccc2NC(=O)c2ccccc2)cc1. The smallest absolute Gasteiger partial charge is 0.255 e. The van der Waals surface area contributed by atoms with Gasteiger partial charge in [-0.15, -0.1) is 0 Å². The number of rotatable bonds is 4. The van der Waals surface area contributed by atoms with E-state index in [4.69, 9.17) is 0 Å². The Labute approximate surface area is 147 Å². The van der Waals surface area contributed by atoms with Crippen LogP contribution < -0.4 is 5.32 Å². The number of benzene rings is 3. The van der Waals surface area contributed by atoms with Crippen LogP contribution in [0.1, 0.15) is 15.9 Å². The zero-order valence-electron chi connectivity index (χ0n) is 13.6. The highest BCUT2D eigenvalue weighted by molar-refractivity contribution is 7.91. The zero-order valence-corrected chi connectivity index (χ0v) is 14.5. The third-order valence-electron chi connectivity index (χ3n) is 3.79. The number of sulfone groups is 1. The van der Waals surface area contributed by atoms with Crippen LogP contribution in [0, 0.1) is 6.92 Å². The first-order valence-electron chi connectivity index (χ1n) is 7.76. The maximum Gasteiger partial charge on any atom is 0.255 e. The molecular weight excluding hydrogens is 334 g/mol. The van der Waals surface area contributed by atoms with Gasteiger partial charge in [0, 0.05) is 5.56 Å². The minimum Gasteiger partial charge on any atom is -0.321 e. The highest BCUT2D eigenvalue weighted by Gasteiger charge is 2.22. The third kappa shape index (κ3) is 3.61. The second-order valence-corrected chi connectivity index (χ2v) is 7.55. The number of para-hydroxylation sites is 1. The lowest BCUT2D eigenvalue weighted by atomic mass is 10.2. The Morgan fingerprint density at radius 3 is 2.08 bits per heavy atom. The molecule has 3 rings (SSSR count). The molecule has 0 saturated carbocycles. The largest absolute Gasteiger partial charge is 0.321 e. The third-order valence-corrected chi connectivity index (χ3v) is 5.62. The molecule has 0 heterocycles. The molecule has 0 atom stereocenters. The first-order valence-corrected chi connectivity index (χ1v) is 9.24. The zero-order chi connectivity index (χ0) is 17.9. The molecule has 0 aromatic heterocycles. The molecular formula is C20H17NO3S. The van der Waals surface area contributed by atoms with Gasteiger partial charge in [-0.2, -0.15) is 0 Å². The van der Waals surface area contributed by atoms with Gasteiger partial charge >= 0.3 is 0 Å². The van der Waals surface area contributed by atoms with E-state index in [1.54, 1.807) is 66.7 Å². The van der Waals surface area contributed by atoms with Gasteiger partial charge in [0.25, 0.3) is 5.91 Å².